The molecule has 0 radical (unpaired) electrons. The van der Waals surface area contributed by atoms with E-state index in [1.165, 1.54) is 37.4 Å². The second-order valence-electron chi connectivity index (χ2n) is 9.64. The lowest BCUT2D eigenvalue weighted by molar-refractivity contribution is -0.144. The molecule has 0 amide bonds. The van der Waals surface area contributed by atoms with E-state index in [0.717, 1.165) is 7.11 Å². The Labute approximate surface area is 231 Å². The third-order valence-corrected chi connectivity index (χ3v) is 7.33. The number of allylic oxidation sites excluding steroid dienone is 1. The molecule has 1 aliphatic heterocycles. The van der Waals surface area contributed by atoms with Gasteiger partial charge in [-0.2, -0.15) is 0 Å². The maximum Gasteiger partial charge on any atom is 0.313 e. The Morgan fingerprint density at radius 2 is 1.63 bits per heavy atom. The summed E-state index contributed by atoms with van der Waals surface area (Å²) in [6.07, 6.45) is -3.97. The molecule has 1 aromatic heterocycles. The Kier molecular flexibility index (Phi) is 6.04. The van der Waals surface area contributed by atoms with Crippen LogP contribution in [0.1, 0.15) is 38.5 Å². The number of hydrogen-bond donors (Lipinski definition) is 3. The first-order valence-corrected chi connectivity index (χ1v) is 12.5. The van der Waals surface area contributed by atoms with Crippen molar-refractivity contribution in [1.82, 2.24) is 0 Å². The van der Waals surface area contributed by atoms with Gasteiger partial charge in [-0.05, 0) is 18.2 Å². The van der Waals surface area contributed by atoms with Gasteiger partial charge in [-0.3, -0.25) is 19.2 Å². The number of aliphatic hydroxyl groups is 1. The number of carbonyl (C=O) groups excluding carboxylic acids is 4. The third kappa shape index (κ3) is 3.85. The molecule has 0 saturated carbocycles. The molecular formula is C30H22O11. The summed E-state index contributed by atoms with van der Waals surface area (Å²) >= 11 is 0. The molecule has 0 fully saturated rings. The Bertz CT molecular complexity index is 1860. The maximum absolute atomic E-state index is 14.2. The number of rotatable bonds is 5. The molecule has 0 spiro atoms. The Morgan fingerprint density at radius 3 is 2.37 bits per heavy atom. The first-order chi connectivity index (χ1) is 19.7. The Morgan fingerprint density at radius 1 is 0.927 bits per heavy atom. The van der Waals surface area contributed by atoms with Gasteiger partial charge in [-0.25, -0.2) is 0 Å². The highest BCUT2D eigenvalue weighted by Crippen LogP contribution is 2.53. The van der Waals surface area contributed by atoms with Gasteiger partial charge in [-0.1, -0.05) is 24.3 Å². The summed E-state index contributed by atoms with van der Waals surface area (Å²) < 4.78 is 21.7. The summed E-state index contributed by atoms with van der Waals surface area (Å²) in [4.78, 5) is 52.2. The zero-order valence-electron chi connectivity index (χ0n) is 21.7. The van der Waals surface area contributed by atoms with Crippen LogP contribution in [0.5, 0.6) is 17.2 Å². The van der Waals surface area contributed by atoms with E-state index in [2.05, 4.69) is 4.74 Å². The standard InChI is InChI=1S/C30H22O11/c1-38-19(34)10-12-9-15-23-24-25(26(36)13-5-3-7-16(31)21(13)27(24)37)29(18(33)11-20(35)39-2)41-30(23)22-14(28(15)40-12)6-4-8-17(22)32/h3-9,18,29,31-33H,10-11H2,1-2H3/t18-,29-/m1/s1. The molecule has 2 atom stereocenters. The van der Waals surface area contributed by atoms with Gasteiger partial charge >= 0.3 is 11.9 Å². The minimum atomic E-state index is -1.63. The van der Waals surface area contributed by atoms with Crippen LogP contribution in [0.2, 0.25) is 0 Å². The molecule has 41 heavy (non-hydrogen) atoms. The van der Waals surface area contributed by atoms with Gasteiger partial charge in [0.1, 0.15) is 41.1 Å². The smallest absolute Gasteiger partial charge is 0.313 e. The van der Waals surface area contributed by atoms with E-state index in [0.29, 0.717) is 5.39 Å². The highest BCUT2D eigenvalue weighted by molar-refractivity contribution is 6.44. The summed E-state index contributed by atoms with van der Waals surface area (Å²) in [6.45, 7) is 0. The van der Waals surface area contributed by atoms with E-state index >= 15 is 0 Å². The summed E-state index contributed by atoms with van der Waals surface area (Å²) in [7, 11) is 2.36. The predicted octanol–water partition coefficient (Wildman–Crippen LogP) is 3.23. The number of ether oxygens (including phenoxy) is 3. The molecule has 0 unspecified atom stereocenters. The molecule has 0 bridgehead atoms. The zero-order valence-corrected chi connectivity index (χ0v) is 21.7. The second kappa shape index (κ2) is 9.49. The zero-order chi connectivity index (χ0) is 29.2. The molecule has 11 nitrogen and oxygen atoms in total. The first kappa shape index (κ1) is 26.1. The van der Waals surface area contributed by atoms with Crippen molar-refractivity contribution in [3.63, 3.8) is 0 Å². The van der Waals surface area contributed by atoms with Crippen LogP contribution in [-0.4, -0.2) is 65.3 Å². The van der Waals surface area contributed by atoms with Gasteiger partial charge in [0.05, 0.1) is 37.2 Å². The van der Waals surface area contributed by atoms with Crippen LogP contribution in [0.25, 0.3) is 27.3 Å². The molecular weight excluding hydrogens is 536 g/mol. The maximum atomic E-state index is 14.2. The van der Waals surface area contributed by atoms with Gasteiger partial charge < -0.3 is 33.9 Å². The van der Waals surface area contributed by atoms with Crippen LogP contribution in [0.15, 0.2) is 52.5 Å². The van der Waals surface area contributed by atoms with Crippen molar-refractivity contribution in [2.75, 3.05) is 14.2 Å². The monoisotopic (exact) mass is 558 g/mol. The number of methoxy groups -OCH3 is 2. The summed E-state index contributed by atoms with van der Waals surface area (Å²) in [5.41, 5.74) is -0.509. The molecule has 4 aromatic rings. The molecule has 11 heteroatoms. The van der Waals surface area contributed by atoms with Crippen molar-refractivity contribution in [3.8, 4) is 17.2 Å². The molecule has 2 heterocycles. The van der Waals surface area contributed by atoms with Crippen LogP contribution >= 0.6 is 0 Å². The van der Waals surface area contributed by atoms with E-state index in [1.54, 1.807) is 12.1 Å². The van der Waals surface area contributed by atoms with Crippen LogP contribution in [0.3, 0.4) is 0 Å². The van der Waals surface area contributed by atoms with Crippen LogP contribution in [0, 0.1) is 0 Å². The first-order valence-electron chi connectivity index (χ1n) is 12.5. The minimum Gasteiger partial charge on any atom is -0.507 e. The number of carbonyl (C=O) groups is 4. The molecule has 0 saturated heterocycles. The van der Waals surface area contributed by atoms with Crippen LogP contribution in [0.4, 0.5) is 0 Å². The van der Waals surface area contributed by atoms with E-state index in [-0.39, 0.29) is 67.9 Å². The van der Waals surface area contributed by atoms with Gasteiger partial charge in [0.15, 0.2) is 17.7 Å². The second-order valence-corrected chi connectivity index (χ2v) is 9.64. The number of fused-ring (bicyclic) bond motifs is 8. The lowest BCUT2D eigenvalue weighted by atomic mass is 9.75. The average molecular weight is 558 g/mol. The lowest BCUT2D eigenvalue weighted by Crippen LogP contribution is -2.43. The lowest BCUT2D eigenvalue weighted by Gasteiger charge is -2.36. The summed E-state index contributed by atoms with van der Waals surface area (Å²) in [5, 5.41) is 33.5. The van der Waals surface area contributed by atoms with Crippen molar-refractivity contribution < 1.29 is 53.1 Å². The number of esters is 2. The van der Waals surface area contributed by atoms with E-state index in [9.17, 15) is 34.5 Å². The molecule has 3 N–H and O–H groups in total. The summed E-state index contributed by atoms with van der Waals surface area (Å²) in [5.74, 6) is -3.36. The van der Waals surface area contributed by atoms with Gasteiger partial charge in [0.2, 0.25) is 0 Å². The highest BCUT2D eigenvalue weighted by Gasteiger charge is 2.47. The SMILES string of the molecule is COC(=O)Cc1cc2c3c(c4c(O)cccc4c2o1)O[C@H]([C@H](O)CC(=O)OC)C1=C3C(=O)c2c(O)cccc2C1=O. The predicted molar refractivity (Wildman–Crippen MR) is 142 cm³/mol. The number of aliphatic hydroxyl groups excluding tert-OH is 1. The van der Waals surface area contributed by atoms with E-state index < -0.39 is 47.9 Å². The van der Waals surface area contributed by atoms with Crippen molar-refractivity contribution in [2.24, 2.45) is 0 Å². The molecule has 2 aliphatic rings. The van der Waals surface area contributed by atoms with Crippen molar-refractivity contribution in [2.45, 2.75) is 25.0 Å². The summed E-state index contributed by atoms with van der Waals surface area (Å²) in [6, 6.07) is 10.1. The third-order valence-electron chi connectivity index (χ3n) is 7.33. The molecule has 6 rings (SSSR count). The highest BCUT2D eigenvalue weighted by atomic mass is 16.5. The number of phenolic OH excluding ortho intramolecular Hbond substituents is 2. The van der Waals surface area contributed by atoms with E-state index in [4.69, 9.17) is 13.9 Å². The Balaban J connectivity index is 1.73. The van der Waals surface area contributed by atoms with Gasteiger partial charge in [0.25, 0.3) is 0 Å². The van der Waals surface area contributed by atoms with Crippen molar-refractivity contribution in [1.29, 1.82) is 0 Å². The van der Waals surface area contributed by atoms with Crippen LogP contribution < -0.4 is 4.74 Å². The largest absolute Gasteiger partial charge is 0.507 e. The van der Waals surface area contributed by atoms with Gasteiger partial charge in [-0.15, -0.1) is 0 Å². The van der Waals surface area contributed by atoms with E-state index in [1.807, 2.05) is 0 Å². The average Bonchev–Trinajstić information content (AvgIpc) is 3.38. The van der Waals surface area contributed by atoms with Gasteiger partial charge in [0, 0.05) is 27.5 Å². The fourth-order valence-corrected chi connectivity index (χ4v) is 5.52. The fraction of sp³-hybridized carbons (Fsp3) is 0.200. The Hall–Kier alpha value is -5.16. The number of furan rings is 1. The number of ketones is 2. The topological polar surface area (TPSA) is 170 Å². The molecule has 208 valence electrons. The number of Topliss-reactive ketones (excluding diaryl/α,β-unsaturated/α-hetero) is 2. The van der Waals surface area contributed by atoms with Crippen molar-refractivity contribution in [3.05, 3.63) is 70.5 Å². The quantitative estimate of drug-likeness (QED) is 0.307. The molecule has 3 aromatic carbocycles. The van der Waals surface area contributed by atoms with Crippen molar-refractivity contribution >= 4 is 50.8 Å². The number of aromatic hydroxyl groups is 2. The normalized spacial score (nSPS) is 16.6. The number of hydrogen-bond acceptors (Lipinski definition) is 11. The minimum absolute atomic E-state index is 0.0521. The molecule has 1 aliphatic carbocycles. The number of phenols is 2. The van der Waals surface area contributed by atoms with Crippen LogP contribution in [-0.2, 0) is 25.5 Å². The number of benzene rings is 3. The fourth-order valence-electron chi connectivity index (χ4n) is 5.52.